The van der Waals surface area contributed by atoms with E-state index in [-0.39, 0.29) is 18.0 Å². The van der Waals surface area contributed by atoms with Crippen molar-refractivity contribution in [3.8, 4) is 5.69 Å². The summed E-state index contributed by atoms with van der Waals surface area (Å²) in [5, 5.41) is 5.28. The van der Waals surface area contributed by atoms with Crippen LogP contribution in [0.4, 0.5) is 5.69 Å². The second-order valence-electron chi connectivity index (χ2n) is 8.33. The van der Waals surface area contributed by atoms with E-state index in [1.807, 2.05) is 52.9 Å². The van der Waals surface area contributed by atoms with Crippen molar-refractivity contribution >= 4 is 22.5 Å². The average molecular weight is 443 g/mol. The molecule has 8 heteroatoms. The first-order chi connectivity index (χ1) is 16.0. The van der Waals surface area contributed by atoms with Gasteiger partial charge in [0.15, 0.2) is 0 Å². The smallest absolute Gasteiger partial charge is 0.261 e. The van der Waals surface area contributed by atoms with Crippen LogP contribution in [0.1, 0.15) is 11.4 Å². The van der Waals surface area contributed by atoms with Crippen LogP contribution in [0.15, 0.2) is 65.7 Å². The number of benzene rings is 2. The molecular formula is C25H26N6O2. The van der Waals surface area contributed by atoms with Crippen molar-refractivity contribution in [1.29, 1.82) is 0 Å². The number of anilines is 1. The topological polar surface area (TPSA) is 76.3 Å². The number of rotatable bonds is 4. The number of para-hydroxylation sites is 2. The Morgan fingerprint density at radius 2 is 1.64 bits per heavy atom. The molecule has 168 valence electrons. The Morgan fingerprint density at radius 3 is 2.39 bits per heavy atom. The van der Waals surface area contributed by atoms with E-state index in [4.69, 9.17) is 5.10 Å². The first-order valence-electron chi connectivity index (χ1n) is 11.1. The zero-order chi connectivity index (χ0) is 22.9. The van der Waals surface area contributed by atoms with Crippen molar-refractivity contribution in [2.24, 2.45) is 0 Å². The highest BCUT2D eigenvalue weighted by Gasteiger charge is 2.26. The molecule has 1 saturated heterocycles. The molecule has 1 aliphatic heterocycles. The fourth-order valence-corrected chi connectivity index (χ4v) is 4.56. The fraction of sp³-hybridized carbons (Fsp3) is 0.280. The number of hydrogen-bond donors (Lipinski definition) is 0. The third-order valence-electron chi connectivity index (χ3n) is 6.24. The summed E-state index contributed by atoms with van der Waals surface area (Å²) in [7, 11) is 0. The standard InChI is InChI=1S/C25H26N6O2/c1-18-24(19(2)31(27-18)20-8-4-3-5-9-20)29-14-12-28(13-15-29)23(32)16-30-17-26-22-11-7-6-10-21(22)25(30)33/h3-11,17H,12-16H2,1-2H3. The van der Waals surface area contributed by atoms with Gasteiger partial charge in [0.2, 0.25) is 5.91 Å². The van der Waals surface area contributed by atoms with Crippen LogP contribution in [0.3, 0.4) is 0 Å². The van der Waals surface area contributed by atoms with Gasteiger partial charge < -0.3 is 9.80 Å². The van der Waals surface area contributed by atoms with E-state index in [0.29, 0.717) is 24.0 Å². The quantitative estimate of drug-likeness (QED) is 0.486. The molecule has 0 atom stereocenters. The van der Waals surface area contributed by atoms with E-state index >= 15 is 0 Å². The minimum absolute atomic E-state index is 0.000658. The Balaban J connectivity index is 1.28. The summed E-state index contributed by atoms with van der Waals surface area (Å²) in [6.45, 7) is 6.75. The number of aromatic nitrogens is 4. The van der Waals surface area contributed by atoms with Gasteiger partial charge in [-0.3, -0.25) is 14.2 Å². The van der Waals surface area contributed by atoms with Crippen molar-refractivity contribution in [2.45, 2.75) is 20.4 Å². The van der Waals surface area contributed by atoms with Crippen LogP contribution in [-0.4, -0.2) is 56.3 Å². The molecule has 8 nitrogen and oxygen atoms in total. The third kappa shape index (κ3) is 3.88. The van der Waals surface area contributed by atoms with Crippen molar-refractivity contribution in [3.63, 3.8) is 0 Å². The monoisotopic (exact) mass is 442 g/mol. The van der Waals surface area contributed by atoms with E-state index in [1.54, 1.807) is 18.2 Å². The van der Waals surface area contributed by atoms with Crippen molar-refractivity contribution in [2.75, 3.05) is 31.1 Å². The average Bonchev–Trinajstić information content (AvgIpc) is 3.15. The van der Waals surface area contributed by atoms with Crippen molar-refractivity contribution in [1.82, 2.24) is 24.2 Å². The number of hydrogen-bond acceptors (Lipinski definition) is 5. The molecule has 0 saturated carbocycles. The normalized spacial score (nSPS) is 14.1. The predicted molar refractivity (Wildman–Crippen MR) is 128 cm³/mol. The molecule has 0 unspecified atom stereocenters. The van der Waals surface area contributed by atoms with Gasteiger partial charge in [0, 0.05) is 26.2 Å². The van der Waals surface area contributed by atoms with Gasteiger partial charge in [-0.2, -0.15) is 5.10 Å². The maximum atomic E-state index is 12.9. The first kappa shape index (κ1) is 20.9. The first-order valence-corrected chi connectivity index (χ1v) is 11.1. The molecular weight excluding hydrogens is 416 g/mol. The molecule has 0 N–H and O–H groups in total. The highest BCUT2D eigenvalue weighted by Crippen LogP contribution is 2.27. The Labute approximate surface area is 191 Å². The predicted octanol–water partition coefficient (Wildman–Crippen LogP) is 2.55. The number of carbonyl (C=O) groups is 1. The van der Waals surface area contributed by atoms with Gasteiger partial charge in [-0.05, 0) is 38.1 Å². The van der Waals surface area contributed by atoms with Gasteiger partial charge in [0.05, 0.1) is 40.0 Å². The molecule has 4 aromatic rings. The van der Waals surface area contributed by atoms with Crippen LogP contribution in [0, 0.1) is 13.8 Å². The van der Waals surface area contributed by atoms with Gasteiger partial charge in [0.1, 0.15) is 6.54 Å². The molecule has 0 bridgehead atoms. The minimum Gasteiger partial charge on any atom is -0.365 e. The molecule has 2 aromatic carbocycles. The van der Waals surface area contributed by atoms with Crippen LogP contribution in [0.5, 0.6) is 0 Å². The number of carbonyl (C=O) groups excluding carboxylic acids is 1. The van der Waals surface area contributed by atoms with Gasteiger partial charge in [-0.1, -0.05) is 30.3 Å². The zero-order valence-corrected chi connectivity index (χ0v) is 18.8. The summed E-state index contributed by atoms with van der Waals surface area (Å²) < 4.78 is 3.37. The van der Waals surface area contributed by atoms with E-state index in [9.17, 15) is 9.59 Å². The molecule has 1 fully saturated rings. The SMILES string of the molecule is Cc1nn(-c2ccccc2)c(C)c1N1CCN(C(=O)Cn2cnc3ccccc3c2=O)CC1. The Kier molecular flexibility index (Phi) is 5.42. The summed E-state index contributed by atoms with van der Waals surface area (Å²) in [5.74, 6) is -0.0674. The van der Waals surface area contributed by atoms with Crippen LogP contribution < -0.4 is 10.5 Å². The van der Waals surface area contributed by atoms with E-state index in [1.165, 1.54) is 10.9 Å². The lowest BCUT2D eigenvalue weighted by atomic mass is 10.2. The number of aryl methyl sites for hydroxylation is 1. The maximum absolute atomic E-state index is 12.9. The highest BCUT2D eigenvalue weighted by atomic mass is 16.2. The Hall–Kier alpha value is -3.94. The van der Waals surface area contributed by atoms with Crippen LogP contribution >= 0.6 is 0 Å². The third-order valence-corrected chi connectivity index (χ3v) is 6.24. The van der Waals surface area contributed by atoms with E-state index in [0.717, 1.165) is 35.9 Å². The lowest BCUT2D eigenvalue weighted by Crippen LogP contribution is -2.50. The molecule has 5 rings (SSSR count). The molecule has 1 amide bonds. The lowest BCUT2D eigenvalue weighted by molar-refractivity contribution is -0.132. The van der Waals surface area contributed by atoms with Gasteiger partial charge in [-0.25, -0.2) is 9.67 Å². The summed E-state index contributed by atoms with van der Waals surface area (Å²) in [5.41, 5.74) is 4.68. The molecule has 3 heterocycles. The lowest BCUT2D eigenvalue weighted by Gasteiger charge is -2.36. The second kappa shape index (κ2) is 8.54. The molecule has 0 spiro atoms. The summed E-state index contributed by atoms with van der Waals surface area (Å²) in [4.78, 5) is 34.1. The van der Waals surface area contributed by atoms with Gasteiger partial charge in [-0.15, -0.1) is 0 Å². The van der Waals surface area contributed by atoms with Crippen LogP contribution in [0.2, 0.25) is 0 Å². The molecule has 1 aliphatic rings. The number of nitrogens with zero attached hydrogens (tertiary/aromatic N) is 6. The molecule has 33 heavy (non-hydrogen) atoms. The van der Waals surface area contributed by atoms with Gasteiger partial charge >= 0.3 is 0 Å². The molecule has 0 aliphatic carbocycles. The zero-order valence-electron chi connectivity index (χ0n) is 18.8. The van der Waals surface area contributed by atoms with Crippen molar-refractivity contribution < 1.29 is 4.79 Å². The van der Waals surface area contributed by atoms with E-state index in [2.05, 4.69) is 16.8 Å². The largest absolute Gasteiger partial charge is 0.365 e. The summed E-state index contributed by atoms with van der Waals surface area (Å²) in [6.07, 6.45) is 1.46. The fourth-order valence-electron chi connectivity index (χ4n) is 4.56. The Morgan fingerprint density at radius 1 is 0.939 bits per heavy atom. The van der Waals surface area contributed by atoms with Crippen LogP contribution in [-0.2, 0) is 11.3 Å². The number of piperazine rings is 1. The Bertz CT molecular complexity index is 1370. The molecule has 2 aromatic heterocycles. The summed E-state index contributed by atoms with van der Waals surface area (Å²) in [6, 6.07) is 17.3. The van der Waals surface area contributed by atoms with Gasteiger partial charge in [0.25, 0.3) is 5.56 Å². The van der Waals surface area contributed by atoms with Crippen LogP contribution in [0.25, 0.3) is 16.6 Å². The van der Waals surface area contributed by atoms with E-state index < -0.39 is 0 Å². The summed E-state index contributed by atoms with van der Waals surface area (Å²) >= 11 is 0. The maximum Gasteiger partial charge on any atom is 0.261 e. The molecule has 0 radical (unpaired) electrons. The number of amides is 1. The van der Waals surface area contributed by atoms with Crippen molar-refractivity contribution in [3.05, 3.63) is 82.7 Å². The highest BCUT2D eigenvalue weighted by molar-refractivity contribution is 5.79. The second-order valence-corrected chi connectivity index (χ2v) is 8.33. The minimum atomic E-state index is -0.188. The number of fused-ring (bicyclic) bond motifs is 1.